The van der Waals surface area contributed by atoms with E-state index in [0.717, 1.165) is 76.5 Å². The van der Waals surface area contributed by atoms with Crippen molar-refractivity contribution >= 4 is 23.9 Å². The van der Waals surface area contributed by atoms with Crippen LogP contribution in [0.5, 0.6) is 0 Å². The number of hydrogen-bond donors (Lipinski definition) is 2. The summed E-state index contributed by atoms with van der Waals surface area (Å²) < 4.78 is 0. The van der Waals surface area contributed by atoms with Crippen LogP contribution >= 0.6 is 0 Å². The van der Waals surface area contributed by atoms with Gasteiger partial charge in [0.15, 0.2) is 0 Å². The highest BCUT2D eigenvalue weighted by Crippen LogP contribution is 2.26. The molecule has 7 heteroatoms. The molecule has 0 saturated carbocycles. The quantitative estimate of drug-likeness (QED) is 0.109. The van der Waals surface area contributed by atoms with Crippen molar-refractivity contribution in [3.8, 4) is 0 Å². The first-order valence-electron chi connectivity index (χ1n) is 19.4. The maximum absolute atomic E-state index is 11.6. The smallest absolute Gasteiger partial charge is 0.373 e. The first-order valence-corrected chi connectivity index (χ1v) is 19.4. The molecule has 0 atom stereocenters. The SMILES string of the molecule is CC(=O)C(C)(C)CCCCc1cccc(CCCCC(C)(C)C(=O)O)c1.CC(C)CCCCc1ccc(CCCCC(C)(C)C(=O)O)cc1.O=C=O. The van der Waals surface area contributed by atoms with Crippen LogP contribution in [0.1, 0.15) is 162 Å². The Morgan fingerprint density at radius 2 is 0.885 bits per heavy atom. The van der Waals surface area contributed by atoms with Crippen molar-refractivity contribution in [3.05, 3.63) is 70.8 Å². The second kappa shape index (κ2) is 25.4. The number of benzene rings is 2. The average Bonchev–Trinajstić information content (AvgIpc) is 3.06. The zero-order chi connectivity index (χ0) is 39.8. The van der Waals surface area contributed by atoms with Crippen LogP contribution in [0.25, 0.3) is 0 Å². The van der Waals surface area contributed by atoms with Gasteiger partial charge in [0.2, 0.25) is 0 Å². The zero-order valence-electron chi connectivity index (χ0n) is 33.9. The van der Waals surface area contributed by atoms with Crippen molar-refractivity contribution in [2.24, 2.45) is 22.2 Å². The Morgan fingerprint density at radius 1 is 0.558 bits per heavy atom. The van der Waals surface area contributed by atoms with Gasteiger partial charge in [-0.25, -0.2) is 0 Å². The van der Waals surface area contributed by atoms with Crippen molar-refractivity contribution < 1.29 is 34.2 Å². The van der Waals surface area contributed by atoms with E-state index in [0.29, 0.717) is 6.42 Å². The number of Topliss-reactive ketones (excluding diaryl/α,β-unsaturated/α-hetero) is 1. The molecule has 292 valence electrons. The van der Waals surface area contributed by atoms with Crippen LogP contribution in [0.3, 0.4) is 0 Å². The van der Waals surface area contributed by atoms with E-state index in [2.05, 4.69) is 62.4 Å². The molecule has 0 fully saturated rings. The van der Waals surface area contributed by atoms with Crippen molar-refractivity contribution in [2.75, 3.05) is 0 Å². The highest BCUT2D eigenvalue weighted by atomic mass is 16.4. The average molecular weight is 723 g/mol. The fraction of sp³-hybridized carbons (Fsp3) is 0.644. The number of hydrogen-bond acceptors (Lipinski definition) is 5. The summed E-state index contributed by atoms with van der Waals surface area (Å²) >= 11 is 0. The highest BCUT2D eigenvalue weighted by Gasteiger charge is 2.27. The predicted octanol–water partition coefficient (Wildman–Crippen LogP) is 11.1. The second-order valence-electron chi connectivity index (χ2n) is 16.8. The molecule has 2 N–H and O–H groups in total. The molecule has 0 unspecified atom stereocenters. The van der Waals surface area contributed by atoms with Crippen LogP contribution in [0.4, 0.5) is 0 Å². The molecule has 0 spiro atoms. The number of carboxylic acids is 2. The lowest BCUT2D eigenvalue weighted by atomic mass is 9.83. The van der Waals surface area contributed by atoms with Gasteiger partial charge in [-0.05, 0) is 133 Å². The molecule has 0 amide bonds. The third-order valence-electron chi connectivity index (χ3n) is 10.2. The van der Waals surface area contributed by atoms with Gasteiger partial charge in [-0.2, -0.15) is 9.59 Å². The van der Waals surface area contributed by atoms with Crippen LogP contribution in [-0.2, 0) is 49.7 Å². The number of aliphatic carboxylic acids is 2. The van der Waals surface area contributed by atoms with Gasteiger partial charge in [0.05, 0.1) is 10.8 Å². The van der Waals surface area contributed by atoms with Crippen LogP contribution in [0, 0.1) is 22.2 Å². The second-order valence-corrected chi connectivity index (χ2v) is 16.8. The van der Waals surface area contributed by atoms with Crippen molar-refractivity contribution in [1.29, 1.82) is 0 Å². The number of carbonyl (C=O) groups excluding carboxylic acids is 3. The largest absolute Gasteiger partial charge is 0.481 e. The maximum Gasteiger partial charge on any atom is 0.373 e. The van der Waals surface area contributed by atoms with Gasteiger partial charge < -0.3 is 10.2 Å². The Labute approximate surface area is 315 Å². The van der Waals surface area contributed by atoms with E-state index in [-0.39, 0.29) is 17.3 Å². The fourth-order valence-electron chi connectivity index (χ4n) is 5.77. The minimum Gasteiger partial charge on any atom is -0.481 e. The van der Waals surface area contributed by atoms with E-state index >= 15 is 0 Å². The van der Waals surface area contributed by atoms with E-state index in [1.807, 2.05) is 27.7 Å². The first-order chi connectivity index (χ1) is 24.3. The molecule has 0 aliphatic heterocycles. The Kier molecular flexibility index (Phi) is 23.7. The Hall–Kier alpha value is -3.57. The van der Waals surface area contributed by atoms with Gasteiger partial charge in [-0.1, -0.05) is 108 Å². The topological polar surface area (TPSA) is 126 Å². The number of carboxylic acid groups (broad SMARTS) is 2. The highest BCUT2D eigenvalue weighted by molar-refractivity contribution is 5.81. The lowest BCUT2D eigenvalue weighted by Crippen LogP contribution is -2.23. The Morgan fingerprint density at radius 3 is 1.21 bits per heavy atom. The van der Waals surface area contributed by atoms with Crippen LogP contribution < -0.4 is 0 Å². The van der Waals surface area contributed by atoms with Crippen molar-refractivity contribution in [1.82, 2.24) is 0 Å². The predicted molar refractivity (Wildman–Crippen MR) is 210 cm³/mol. The molecule has 0 aliphatic carbocycles. The molecule has 2 aromatic carbocycles. The molecule has 0 aliphatic rings. The van der Waals surface area contributed by atoms with Crippen molar-refractivity contribution in [2.45, 2.75) is 165 Å². The normalized spacial score (nSPS) is 11.5. The van der Waals surface area contributed by atoms with E-state index in [4.69, 9.17) is 19.8 Å². The van der Waals surface area contributed by atoms with E-state index < -0.39 is 22.8 Å². The summed E-state index contributed by atoms with van der Waals surface area (Å²) in [5.41, 5.74) is 4.06. The summed E-state index contributed by atoms with van der Waals surface area (Å²) in [5.74, 6) is -0.333. The van der Waals surface area contributed by atoms with Gasteiger partial charge in [-0.15, -0.1) is 0 Å². The lowest BCUT2D eigenvalue weighted by molar-refractivity contribution is -0.191. The van der Waals surface area contributed by atoms with Crippen LogP contribution in [0.15, 0.2) is 48.5 Å². The number of aryl methyl sites for hydroxylation is 4. The molecule has 52 heavy (non-hydrogen) atoms. The number of carbonyl (C=O) groups is 3. The molecule has 0 bridgehead atoms. The molecular weight excluding hydrogens is 652 g/mol. The molecular formula is C45H70O7. The first kappa shape index (κ1) is 48.4. The molecule has 7 nitrogen and oxygen atoms in total. The Balaban J connectivity index is 0.000000935. The zero-order valence-corrected chi connectivity index (χ0v) is 33.9. The third-order valence-corrected chi connectivity index (χ3v) is 10.2. The fourth-order valence-corrected chi connectivity index (χ4v) is 5.77. The molecule has 2 rings (SSSR count). The minimum absolute atomic E-state index is 0.203. The van der Waals surface area contributed by atoms with Gasteiger partial charge in [0.1, 0.15) is 5.78 Å². The van der Waals surface area contributed by atoms with Crippen molar-refractivity contribution in [3.63, 3.8) is 0 Å². The summed E-state index contributed by atoms with van der Waals surface area (Å²) in [5, 5.41) is 18.3. The van der Waals surface area contributed by atoms with Crippen LogP contribution in [-0.4, -0.2) is 34.1 Å². The van der Waals surface area contributed by atoms with Gasteiger partial charge >= 0.3 is 18.1 Å². The van der Waals surface area contributed by atoms with Gasteiger partial charge in [-0.3, -0.25) is 14.4 Å². The van der Waals surface area contributed by atoms with Gasteiger partial charge in [0, 0.05) is 5.41 Å². The molecule has 0 radical (unpaired) electrons. The lowest BCUT2D eigenvalue weighted by Gasteiger charge is -2.20. The third kappa shape index (κ3) is 22.4. The minimum atomic E-state index is -0.715. The molecule has 0 heterocycles. The summed E-state index contributed by atoms with van der Waals surface area (Å²) in [6.45, 7) is 17.5. The molecule has 0 saturated heterocycles. The van der Waals surface area contributed by atoms with Crippen LogP contribution in [0.2, 0.25) is 0 Å². The van der Waals surface area contributed by atoms with E-state index in [9.17, 15) is 14.4 Å². The summed E-state index contributed by atoms with van der Waals surface area (Å²) in [4.78, 5) is 50.0. The number of unbranched alkanes of at least 4 members (excludes halogenated alkanes) is 4. The van der Waals surface area contributed by atoms with E-state index in [1.54, 1.807) is 20.8 Å². The summed E-state index contributed by atoms with van der Waals surface area (Å²) in [6.07, 6.45) is 17.0. The van der Waals surface area contributed by atoms with Gasteiger partial charge in [0.25, 0.3) is 0 Å². The standard InChI is InChI=1S/C23H36O3.C21H34O2.CO2/c1-18(24)22(2,3)15-8-6-11-19-13-10-14-20(17-19)12-7-9-16-23(4,5)21(25)26;1-17(2)9-5-6-10-18-12-14-19(15-13-18)11-7-8-16-21(3,4)20(22)23;2-1-3/h10,13-14,17H,6-9,11-12,15-16H2,1-5H3,(H,25,26);12-15,17H,5-11,16H2,1-4H3,(H,22,23);. The monoisotopic (exact) mass is 723 g/mol. The number of rotatable bonds is 23. The molecule has 2 aromatic rings. The summed E-state index contributed by atoms with van der Waals surface area (Å²) in [7, 11) is 0. The number of ketones is 1. The molecule has 0 aromatic heterocycles. The maximum atomic E-state index is 11.6. The summed E-state index contributed by atoms with van der Waals surface area (Å²) in [6, 6.07) is 17.7. The van der Waals surface area contributed by atoms with E-state index in [1.165, 1.54) is 47.9 Å². The Bertz CT molecular complexity index is 1300.